The van der Waals surface area contributed by atoms with E-state index in [1.807, 2.05) is 29.2 Å². The first-order chi connectivity index (χ1) is 8.77. The van der Waals surface area contributed by atoms with Crippen molar-refractivity contribution in [3.8, 4) is 5.75 Å². The van der Waals surface area contributed by atoms with Gasteiger partial charge in [0.15, 0.2) is 0 Å². The quantitative estimate of drug-likeness (QED) is 0.811. The average Bonchev–Trinajstić information content (AvgIpc) is 2.83. The molecule has 2 unspecified atom stereocenters. The van der Waals surface area contributed by atoms with Crippen LogP contribution in [-0.4, -0.2) is 32.1 Å². The fourth-order valence-electron chi connectivity index (χ4n) is 2.74. The molecule has 0 saturated carbocycles. The molecule has 0 spiro atoms. The van der Waals surface area contributed by atoms with Crippen LogP contribution < -0.4 is 15.0 Å². The van der Waals surface area contributed by atoms with Gasteiger partial charge in [0.25, 0.3) is 0 Å². The Kier molecular flexibility index (Phi) is 2.96. The van der Waals surface area contributed by atoms with Crippen LogP contribution in [0, 0.1) is 11.8 Å². The standard InChI is InChI=1S/C14H18N2O2/c1-10-8-15-9-11(10)14(17)16-6-7-18-13-5-3-2-4-12(13)16/h2-5,10-11,15H,6-9H2,1H3. The lowest BCUT2D eigenvalue weighted by atomic mass is 9.96. The highest BCUT2D eigenvalue weighted by Gasteiger charge is 2.35. The summed E-state index contributed by atoms with van der Waals surface area (Å²) in [6.07, 6.45) is 0. The number of hydrogen-bond acceptors (Lipinski definition) is 3. The molecule has 2 atom stereocenters. The third kappa shape index (κ3) is 1.86. The SMILES string of the molecule is CC1CNCC1C(=O)N1CCOc2ccccc21. The second-order valence-electron chi connectivity index (χ2n) is 5.05. The van der Waals surface area contributed by atoms with Crippen LogP contribution in [0.15, 0.2) is 24.3 Å². The van der Waals surface area contributed by atoms with Crippen molar-refractivity contribution in [2.24, 2.45) is 11.8 Å². The van der Waals surface area contributed by atoms with Crippen molar-refractivity contribution in [2.45, 2.75) is 6.92 Å². The number of fused-ring (bicyclic) bond motifs is 1. The van der Waals surface area contributed by atoms with Crippen LogP contribution >= 0.6 is 0 Å². The highest BCUT2D eigenvalue weighted by Crippen LogP contribution is 2.33. The van der Waals surface area contributed by atoms with E-state index >= 15 is 0 Å². The van der Waals surface area contributed by atoms with Crippen LogP contribution in [0.2, 0.25) is 0 Å². The number of carbonyl (C=O) groups is 1. The molecule has 0 aliphatic carbocycles. The fourth-order valence-corrected chi connectivity index (χ4v) is 2.74. The maximum atomic E-state index is 12.6. The first kappa shape index (κ1) is 11.5. The van der Waals surface area contributed by atoms with E-state index < -0.39 is 0 Å². The maximum absolute atomic E-state index is 12.6. The Hall–Kier alpha value is -1.55. The maximum Gasteiger partial charge on any atom is 0.231 e. The Morgan fingerprint density at radius 3 is 3.00 bits per heavy atom. The second-order valence-corrected chi connectivity index (χ2v) is 5.05. The summed E-state index contributed by atoms with van der Waals surface area (Å²) in [5, 5.41) is 3.29. The molecule has 2 heterocycles. The van der Waals surface area contributed by atoms with Crippen molar-refractivity contribution in [1.29, 1.82) is 0 Å². The Bertz CT molecular complexity index is 461. The van der Waals surface area contributed by atoms with Crippen LogP contribution in [0.5, 0.6) is 5.75 Å². The van der Waals surface area contributed by atoms with Crippen molar-refractivity contribution >= 4 is 11.6 Å². The summed E-state index contributed by atoms with van der Waals surface area (Å²) in [6, 6.07) is 7.77. The van der Waals surface area contributed by atoms with Gasteiger partial charge < -0.3 is 15.0 Å². The second kappa shape index (κ2) is 4.61. The third-order valence-corrected chi connectivity index (χ3v) is 3.83. The van der Waals surface area contributed by atoms with Gasteiger partial charge in [-0.25, -0.2) is 0 Å². The normalized spacial score (nSPS) is 26.6. The van der Waals surface area contributed by atoms with Gasteiger partial charge in [0.1, 0.15) is 12.4 Å². The summed E-state index contributed by atoms with van der Waals surface area (Å²) in [6.45, 7) is 5.09. The summed E-state index contributed by atoms with van der Waals surface area (Å²) >= 11 is 0. The van der Waals surface area contributed by atoms with Gasteiger partial charge in [0.05, 0.1) is 18.2 Å². The molecule has 0 aromatic heterocycles. The molecular weight excluding hydrogens is 228 g/mol. The van der Waals surface area contributed by atoms with E-state index in [9.17, 15) is 4.79 Å². The van der Waals surface area contributed by atoms with Crippen molar-refractivity contribution in [1.82, 2.24) is 5.32 Å². The van der Waals surface area contributed by atoms with E-state index in [0.717, 1.165) is 24.5 Å². The summed E-state index contributed by atoms with van der Waals surface area (Å²) in [5.41, 5.74) is 0.910. The molecule has 0 radical (unpaired) electrons. The van der Waals surface area contributed by atoms with Crippen LogP contribution in [0.3, 0.4) is 0 Å². The molecular formula is C14H18N2O2. The van der Waals surface area contributed by atoms with Crippen LogP contribution in [0.25, 0.3) is 0 Å². The van der Waals surface area contributed by atoms with E-state index in [1.54, 1.807) is 0 Å². The molecule has 2 aliphatic rings. The number of benzene rings is 1. The summed E-state index contributed by atoms with van der Waals surface area (Å²) in [7, 11) is 0. The highest BCUT2D eigenvalue weighted by molar-refractivity contribution is 5.97. The Balaban J connectivity index is 1.87. The summed E-state index contributed by atoms with van der Waals surface area (Å²) < 4.78 is 5.58. The molecule has 2 aliphatic heterocycles. The first-order valence-electron chi connectivity index (χ1n) is 6.51. The number of rotatable bonds is 1. The lowest BCUT2D eigenvalue weighted by molar-refractivity contribution is -0.123. The van der Waals surface area contributed by atoms with Gasteiger partial charge in [0.2, 0.25) is 5.91 Å². The molecule has 3 rings (SSSR count). The molecule has 4 heteroatoms. The first-order valence-corrected chi connectivity index (χ1v) is 6.51. The molecule has 1 aromatic rings. The number of anilines is 1. The fraction of sp³-hybridized carbons (Fsp3) is 0.500. The lowest BCUT2D eigenvalue weighted by Gasteiger charge is -2.32. The van der Waals surface area contributed by atoms with Gasteiger partial charge in [-0.2, -0.15) is 0 Å². The molecule has 1 amide bonds. The van der Waals surface area contributed by atoms with E-state index in [1.165, 1.54) is 0 Å². The van der Waals surface area contributed by atoms with Gasteiger partial charge in [-0.1, -0.05) is 19.1 Å². The van der Waals surface area contributed by atoms with Gasteiger partial charge in [-0.15, -0.1) is 0 Å². The van der Waals surface area contributed by atoms with E-state index in [4.69, 9.17) is 4.74 Å². The van der Waals surface area contributed by atoms with Gasteiger partial charge >= 0.3 is 0 Å². The van der Waals surface area contributed by atoms with Gasteiger partial charge in [-0.3, -0.25) is 4.79 Å². The molecule has 1 aromatic carbocycles. The van der Waals surface area contributed by atoms with Crippen molar-refractivity contribution in [3.63, 3.8) is 0 Å². The molecule has 96 valence electrons. The number of para-hydroxylation sites is 2. The van der Waals surface area contributed by atoms with Crippen LogP contribution in [0.4, 0.5) is 5.69 Å². The number of hydrogen-bond donors (Lipinski definition) is 1. The van der Waals surface area contributed by atoms with E-state index in [2.05, 4.69) is 12.2 Å². The molecule has 18 heavy (non-hydrogen) atoms. The molecule has 1 N–H and O–H groups in total. The minimum Gasteiger partial charge on any atom is -0.490 e. The van der Waals surface area contributed by atoms with Crippen molar-refractivity contribution < 1.29 is 9.53 Å². The third-order valence-electron chi connectivity index (χ3n) is 3.83. The van der Waals surface area contributed by atoms with Crippen molar-refractivity contribution in [3.05, 3.63) is 24.3 Å². The zero-order valence-electron chi connectivity index (χ0n) is 10.6. The number of nitrogens with zero attached hydrogens (tertiary/aromatic N) is 1. The summed E-state index contributed by atoms with van der Waals surface area (Å²) in [5.74, 6) is 1.54. The Labute approximate surface area is 107 Å². The molecule has 0 bridgehead atoms. The van der Waals surface area contributed by atoms with Gasteiger partial charge in [0, 0.05) is 6.54 Å². The smallest absolute Gasteiger partial charge is 0.231 e. The predicted octanol–water partition coefficient (Wildman–Crippen LogP) is 1.27. The number of ether oxygens (including phenoxy) is 1. The Morgan fingerprint density at radius 2 is 2.22 bits per heavy atom. The van der Waals surface area contributed by atoms with Crippen molar-refractivity contribution in [2.75, 3.05) is 31.1 Å². The topological polar surface area (TPSA) is 41.6 Å². The van der Waals surface area contributed by atoms with E-state index in [-0.39, 0.29) is 11.8 Å². The van der Waals surface area contributed by atoms with Gasteiger partial charge in [-0.05, 0) is 24.6 Å². The predicted molar refractivity (Wildman–Crippen MR) is 69.8 cm³/mol. The molecule has 1 saturated heterocycles. The monoisotopic (exact) mass is 246 g/mol. The Morgan fingerprint density at radius 1 is 1.39 bits per heavy atom. The number of carbonyl (C=O) groups excluding carboxylic acids is 1. The largest absolute Gasteiger partial charge is 0.490 e. The highest BCUT2D eigenvalue weighted by atomic mass is 16.5. The zero-order valence-corrected chi connectivity index (χ0v) is 10.6. The molecule has 4 nitrogen and oxygen atoms in total. The zero-order chi connectivity index (χ0) is 12.5. The number of nitrogens with one attached hydrogen (secondary N) is 1. The minimum atomic E-state index is 0.0937. The van der Waals surface area contributed by atoms with Crippen LogP contribution in [0.1, 0.15) is 6.92 Å². The lowest BCUT2D eigenvalue weighted by Crippen LogP contribution is -2.43. The minimum absolute atomic E-state index is 0.0937. The number of amides is 1. The summed E-state index contributed by atoms with van der Waals surface area (Å²) in [4.78, 5) is 14.5. The molecule has 1 fully saturated rings. The van der Waals surface area contributed by atoms with E-state index in [0.29, 0.717) is 19.1 Å². The average molecular weight is 246 g/mol. The van der Waals surface area contributed by atoms with Crippen LogP contribution in [-0.2, 0) is 4.79 Å².